The fraction of sp³-hybridized carbons (Fsp3) is 0.750. The van der Waals surface area contributed by atoms with Crippen molar-refractivity contribution in [2.45, 2.75) is 59.4 Å². The summed E-state index contributed by atoms with van der Waals surface area (Å²) in [7, 11) is 0. The normalized spacial score (nSPS) is 18.0. The van der Waals surface area contributed by atoms with Gasteiger partial charge in [0, 0.05) is 18.0 Å². The molecule has 1 fully saturated rings. The predicted octanol–water partition coefficient (Wildman–Crippen LogP) is 3.48. The van der Waals surface area contributed by atoms with Gasteiger partial charge in [0.2, 0.25) is 0 Å². The summed E-state index contributed by atoms with van der Waals surface area (Å²) in [6.45, 7) is 9.12. The van der Waals surface area contributed by atoms with Crippen LogP contribution >= 0.6 is 11.3 Å². The summed E-state index contributed by atoms with van der Waals surface area (Å²) < 4.78 is 0. The molecule has 1 aliphatic rings. The lowest BCUT2D eigenvalue weighted by Gasteiger charge is -2.28. The van der Waals surface area contributed by atoms with E-state index in [1.165, 1.54) is 37.0 Å². The Labute approximate surface area is 132 Å². The van der Waals surface area contributed by atoms with Crippen LogP contribution in [0.3, 0.4) is 0 Å². The number of thiazole rings is 1. The first-order valence-corrected chi connectivity index (χ1v) is 8.98. The largest absolute Gasteiger partial charge is 0.357 e. The Kier molecular flexibility index (Phi) is 6.03. The molecule has 5 heteroatoms. The summed E-state index contributed by atoms with van der Waals surface area (Å²) in [6, 6.07) is 0. The first-order chi connectivity index (χ1) is 10.2. The molecule has 0 spiro atoms. The number of rotatable bonds is 6. The van der Waals surface area contributed by atoms with Gasteiger partial charge in [0.25, 0.3) is 0 Å². The van der Waals surface area contributed by atoms with Gasteiger partial charge in [-0.3, -0.25) is 0 Å². The van der Waals surface area contributed by atoms with Gasteiger partial charge in [-0.15, -0.1) is 11.3 Å². The van der Waals surface area contributed by atoms with E-state index in [-0.39, 0.29) is 0 Å². The number of nitrogens with zero attached hydrogens (tertiary/aromatic N) is 2. The highest BCUT2D eigenvalue weighted by Crippen LogP contribution is 2.40. The predicted molar refractivity (Wildman–Crippen MR) is 90.9 cm³/mol. The molecule has 0 amide bonds. The first kappa shape index (κ1) is 16.3. The Morgan fingerprint density at radius 1 is 1.33 bits per heavy atom. The van der Waals surface area contributed by atoms with Crippen molar-refractivity contribution in [3.05, 3.63) is 16.1 Å². The van der Waals surface area contributed by atoms with Crippen LogP contribution < -0.4 is 10.6 Å². The van der Waals surface area contributed by atoms with Gasteiger partial charge in [0.1, 0.15) is 0 Å². The molecule has 0 atom stereocenters. The molecule has 1 heterocycles. The Morgan fingerprint density at radius 3 is 2.67 bits per heavy atom. The molecule has 0 radical (unpaired) electrons. The third kappa shape index (κ3) is 4.43. The highest BCUT2D eigenvalue weighted by atomic mass is 32.1. The molecular weight excluding hydrogens is 280 g/mol. The smallest absolute Gasteiger partial charge is 0.191 e. The molecule has 1 aliphatic carbocycles. The Bertz CT molecular complexity index is 461. The van der Waals surface area contributed by atoms with E-state index in [9.17, 15) is 0 Å². The van der Waals surface area contributed by atoms with E-state index < -0.39 is 0 Å². The molecule has 0 aliphatic heterocycles. The number of nitrogens with one attached hydrogen (secondary N) is 2. The second-order valence-electron chi connectivity index (χ2n) is 5.97. The minimum atomic E-state index is 0.483. The van der Waals surface area contributed by atoms with Crippen molar-refractivity contribution in [2.75, 3.05) is 13.1 Å². The summed E-state index contributed by atoms with van der Waals surface area (Å²) in [5.74, 6) is 0.935. The van der Waals surface area contributed by atoms with Gasteiger partial charge in [-0.2, -0.15) is 0 Å². The Balaban J connectivity index is 1.93. The SMILES string of the molecule is CCNC(=NCc1scnc1C)NCC1(CC)CCCC1. The van der Waals surface area contributed by atoms with E-state index >= 15 is 0 Å². The van der Waals surface area contributed by atoms with Crippen LogP contribution in [0.5, 0.6) is 0 Å². The number of aryl methyl sites for hydroxylation is 1. The molecule has 0 bridgehead atoms. The molecule has 2 rings (SSSR count). The molecule has 0 aromatic carbocycles. The lowest BCUT2D eigenvalue weighted by Crippen LogP contribution is -2.42. The standard InChI is InChI=1S/C16H28N4S/c1-4-16(8-6-7-9-16)11-19-15(17-5-2)18-10-14-13(3)20-12-21-14/h12H,4-11H2,1-3H3,(H2,17,18,19). The van der Waals surface area contributed by atoms with E-state index in [1.807, 2.05) is 12.4 Å². The first-order valence-electron chi connectivity index (χ1n) is 8.10. The zero-order chi connectivity index (χ0) is 15.1. The lowest BCUT2D eigenvalue weighted by atomic mass is 9.83. The van der Waals surface area contributed by atoms with Crippen molar-refractivity contribution in [3.8, 4) is 0 Å². The number of hydrogen-bond acceptors (Lipinski definition) is 3. The summed E-state index contributed by atoms with van der Waals surface area (Å²) in [5, 5.41) is 6.91. The van der Waals surface area contributed by atoms with E-state index in [0.29, 0.717) is 12.0 Å². The van der Waals surface area contributed by atoms with Crippen LogP contribution in [-0.4, -0.2) is 24.0 Å². The monoisotopic (exact) mass is 308 g/mol. The Hall–Kier alpha value is -1.10. The van der Waals surface area contributed by atoms with E-state index in [0.717, 1.165) is 24.7 Å². The number of hydrogen-bond donors (Lipinski definition) is 2. The molecule has 0 saturated heterocycles. The van der Waals surface area contributed by atoms with E-state index in [1.54, 1.807) is 11.3 Å². The molecular formula is C16H28N4S. The quantitative estimate of drug-likeness (QED) is 0.625. The van der Waals surface area contributed by atoms with Crippen LogP contribution in [0.25, 0.3) is 0 Å². The molecule has 0 unspecified atom stereocenters. The summed E-state index contributed by atoms with van der Waals surface area (Å²) >= 11 is 1.68. The average Bonchev–Trinajstić information content (AvgIpc) is 3.12. The van der Waals surface area contributed by atoms with Gasteiger partial charge in [-0.05, 0) is 38.5 Å². The highest BCUT2D eigenvalue weighted by molar-refractivity contribution is 7.09. The summed E-state index contributed by atoms with van der Waals surface area (Å²) in [4.78, 5) is 10.2. The van der Waals surface area contributed by atoms with Crippen LogP contribution in [0.4, 0.5) is 0 Å². The zero-order valence-corrected chi connectivity index (χ0v) is 14.4. The van der Waals surface area contributed by atoms with Crippen LogP contribution in [0.2, 0.25) is 0 Å². The van der Waals surface area contributed by atoms with Gasteiger partial charge >= 0.3 is 0 Å². The maximum atomic E-state index is 4.71. The molecule has 1 aromatic rings. The van der Waals surface area contributed by atoms with Crippen LogP contribution in [-0.2, 0) is 6.54 Å². The van der Waals surface area contributed by atoms with Crippen molar-refractivity contribution in [2.24, 2.45) is 10.4 Å². The highest BCUT2D eigenvalue weighted by Gasteiger charge is 2.31. The minimum Gasteiger partial charge on any atom is -0.357 e. The zero-order valence-electron chi connectivity index (χ0n) is 13.5. The van der Waals surface area contributed by atoms with Crippen LogP contribution in [0, 0.1) is 12.3 Å². The summed E-state index contributed by atoms with van der Waals surface area (Å²) in [5.41, 5.74) is 3.47. The third-order valence-corrected chi connectivity index (χ3v) is 5.53. The van der Waals surface area contributed by atoms with Gasteiger partial charge in [-0.1, -0.05) is 19.8 Å². The summed E-state index contributed by atoms with van der Waals surface area (Å²) in [6.07, 6.45) is 6.72. The minimum absolute atomic E-state index is 0.483. The Morgan fingerprint density at radius 2 is 2.10 bits per heavy atom. The second-order valence-corrected chi connectivity index (χ2v) is 6.91. The number of guanidine groups is 1. The number of aliphatic imine (C=N–C) groups is 1. The van der Waals surface area contributed by atoms with Gasteiger partial charge < -0.3 is 10.6 Å². The van der Waals surface area contributed by atoms with E-state index in [4.69, 9.17) is 4.99 Å². The molecule has 118 valence electrons. The lowest BCUT2D eigenvalue weighted by molar-refractivity contribution is 0.283. The van der Waals surface area contributed by atoms with Crippen molar-refractivity contribution < 1.29 is 0 Å². The molecule has 1 aromatic heterocycles. The average molecular weight is 308 g/mol. The van der Waals surface area contributed by atoms with Crippen molar-refractivity contribution in [3.63, 3.8) is 0 Å². The van der Waals surface area contributed by atoms with Crippen LogP contribution in [0.15, 0.2) is 10.5 Å². The molecule has 1 saturated carbocycles. The fourth-order valence-corrected chi connectivity index (χ4v) is 3.72. The van der Waals surface area contributed by atoms with Gasteiger partial charge in [-0.25, -0.2) is 9.98 Å². The second kappa shape index (κ2) is 7.78. The maximum Gasteiger partial charge on any atom is 0.191 e. The van der Waals surface area contributed by atoms with Crippen LogP contribution in [0.1, 0.15) is 56.5 Å². The van der Waals surface area contributed by atoms with Crippen molar-refractivity contribution >= 4 is 17.3 Å². The third-order valence-electron chi connectivity index (χ3n) is 4.61. The molecule has 21 heavy (non-hydrogen) atoms. The topological polar surface area (TPSA) is 49.3 Å². The van der Waals surface area contributed by atoms with Gasteiger partial charge in [0.15, 0.2) is 5.96 Å². The van der Waals surface area contributed by atoms with Crippen molar-refractivity contribution in [1.29, 1.82) is 0 Å². The van der Waals surface area contributed by atoms with E-state index in [2.05, 4.69) is 29.5 Å². The van der Waals surface area contributed by atoms with Gasteiger partial charge in [0.05, 0.1) is 17.7 Å². The molecule has 2 N–H and O–H groups in total. The number of aromatic nitrogens is 1. The molecule has 4 nitrogen and oxygen atoms in total. The fourth-order valence-electron chi connectivity index (χ4n) is 3.02. The van der Waals surface area contributed by atoms with Crippen molar-refractivity contribution in [1.82, 2.24) is 15.6 Å². The maximum absolute atomic E-state index is 4.71.